The summed E-state index contributed by atoms with van der Waals surface area (Å²) in [6.07, 6.45) is -1.56. The Kier molecular flexibility index (Phi) is 5.27. The SMILES string of the molecule is CC(=O)N1CCc2c(c(N3CCCc4ccc(OC(F)(F)F)cc43)nn2C2CCOC2)C1. The third-order valence-corrected chi connectivity index (χ3v) is 6.43. The fraction of sp³-hybridized carbons (Fsp3) is 0.545. The minimum atomic E-state index is -4.75. The van der Waals surface area contributed by atoms with Gasteiger partial charge in [0.2, 0.25) is 5.91 Å². The molecule has 0 saturated carbocycles. The van der Waals surface area contributed by atoms with Gasteiger partial charge in [0, 0.05) is 56.1 Å². The number of benzene rings is 1. The molecule has 5 rings (SSSR count). The van der Waals surface area contributed by atoms with Gasteiger partial charge in [0.05, 0.1) is 19.2 Å². The van der Waals surface area contributed by atoms with Crippen molar-refractivity contribution in [3.05, 3.63) is 35.0 Å². The van der Waals surface area contributed by atoms with E-state index in [1.54, 1.807) is 17.9 Å². The van der Waals surface area contributed by atoms with E-state index < -0.39 is 6.36 Å². The van der Waals surface area contributed by atoms with E-state index in [9.17, 15) is 18.0 Å². The van der Waals surface area contributed by atoms with E-state index in [4.69, 9.17) is 9.84 Å². The number of fused-ring (bicyclic) bond motifs is 2. The molecule has 0 spiro atoms. The molecule has 3 aliphatic rings. The molecule has 1 amide bonds. The Morgan fingerprint density at radius 3 is 2.81 bits per heavy atom. The van der Waals surface area contributed by atoms with Crippen LogP contribution in [0.2, 0.25) is 0 Å². The first-order chi connectivity index (χ1) is 15.3. The van der Waals surface area contributed by atoms with Crippen LogP contribution in [0.4, 0.5) is 24.7 Å². The Labute approximate surface area is 183 Å². The highest BCUT2D eigenvalue weighted by atomic mass is 19.4. The number of nitrogens with zero attached hydrogens (tertiary/aromatic N) is 4. The van der Waals surface area contributed by atoms with Crippen LogP contribution in [0.25, 0.3) is 0 Å². The van der Waals surface area contributed by atoms with Crippen molar-refractivity contribution in [1.29, 1.82) is 0 Å². The quantitative estimate of drug-likeness (QED) is 0.713. The summed E-state index contributed by atoms with van der Waals surface area (Å²) in [5, 5.41) is 4.96. The van der Waals surface area contributed by atoms with Gasteiger partial charge in [0.25, 0.3) is 0 Å². The van der Waals surface area contributed by atoms with Gasteiger partial charge in [0.1, 0.15) is 5.75 Å². The summed E-state index contributed by atoms with van der Waals surface area (Å²) in [6.45, 7) is 4.52. The van der Waals surface area contributed by atoms with Gasteiger partial charge in [-0.25, -0.2) is 0 Å². The number of hydrogen-bond donors (Lipinski definition) is 0. The van der Waals surface area contributed by atoms with Gasteiger partial charge in [-0.3, -0.25) is 9.48 Å². The Morgan fingerprint density at radius 1 is 1.25 bits per heavy atom. The van der Waals surface area contributed by atoms with Gasteiger partial charge in [0.15, 0.2) is 5.82 Å². The number of carbonyl (C=O) groups is 1. The number of halogens is 3. The molecule has 32 heavy (non-hydrogen) atoms. The number of hydrogen-bond acceptors (Lipinski definition) is 5. The summed E-state index contributed by atoms with van der Waals surface area (Å²) in [5.41, 5.74) is 3.68. The molecule has 0 N–H and O–H groups in total. The lowest BCUT2D eigenvalue weighted by Gasteiger charge is -2.32. The molecule has 0 aliphatic carbocycles. The molecule has 1 fully saturated rings. The lowest BCUT2D eigenvalue weighted by atomic mass is 10.00. The molecular formula is C22H25F3N4O3. The van der Waals surface area contributed by atoms with Crippen molar-refractivity contribution in [3.63, 3.8) is 0 Å². The molecule has 3 aliphatic heterocycles. The molecule has 1 aromatic heterocycles. The van der Waals surface area contributed by atoms with Crippen LogP contribution in [0.5, 0.6) is 5.75 Å². The number of ether oxygens (including phenoxy) is 2. The number of alkyl halides is 3. The van der Waals surface area contributed by atoms with Crippen molar-refractivity contribution < 1.29 is 27.4 Å². The zero-order valence-corrected chi connectivity index (χ0v) is 17.8. The van der Waals surface area contributed by atoms with Gasteiger partial charge >= 0.3 is 6.36 Å². The molecule has 4 heterocycles. The second-order valence-corrected chi connectivity index (χ2v) is 8.49. The topological polar surface area (TPSA) is 59.8 Å². The van der Waals surface area contributed by atoms with Crippen LogP contribution in [0.1, 0.15) is 42.6 Å². The summed E-state index contributed by atoms with van der Waals surface area (Å²) in [5.74, 6) is 0.465. The second-order valence-electron chi connectivity index (χ2n) is 8.49. The van der Waals surface area contributed by atoms with Crippen LogP contribution in [-0.2, 0) is 28.9 Å². The standard InChI is InChI=1S/C22H25F3N4O3/c1-14(30)27-9-6-19-18(12-27)21(26-29(19)16-7-10-31-13-16)28-8-2-3-15-4-5-17(11-20(15)28)32-22(23,24)25/h4-5,11,16H,2-3,6-10,12-13H2,1H3. The minimum Gasteiger partial charge on any atom is -0.406 e. The molecule has 0 bridgehead atoms. The van der Waals surface area contributed by atoms with Crippen molar-refractivity contribution >= 4 is 17.4 Å². The lowest BCUT2D eigenvalue weighted by molar-refractivity contribution is -0.274. The average molecular weight is 450 g/mol. The number of carbonyl (C=O) groups excluding carboxylic acids is 1. The molecule has 2 aromatic rings. The Balaban J connectivity index is 1.58. The zero-order chi connectivity index (χ0) is 22.5. The first-order valence-corrected chi connectivity index (χ1v) is 10.9. The van der Waals surface area contributed by atoms with Crippen molar-refractivity contribution in [3.8, 4) is 5.75 Å². The number of aromatic nitrogens is 2. The third-order valence-electron chi connectivity index (χ3n) is 6.43. The molecule has 1 aromatic carbocycles. The van der Waals surface area contributed by atoms with E-state index >= 15 is 0 Å². The summed E-state index contributed by atoms with van der Waals surface area (Å²) < 4.78 is 50.2. The van der Waals surface area contributed by atoms with Crippen molar-refractivity contribution in [2.24, 2.45) is 0 Å². The van der Waals surface area contributed by atoms with E-state index in [2.05, 4.69) is 4.74 Å². The second kappa shape index (κ2) is 7.99. The van der Waals surface area contributed by atoms with Gasteiger partial charge in [-0.1, -0.05) is 6.07 Å². The third kappa shape index (κ3) is 3.92. The molecule has 1 unspecified atom stereocenters. The fourth-order valence-electron chi connectivity index (χ4n) is 4.90. The van der Waals surface area contributed by atoms with Crippen molar-refractivity contribution in [2.45, 2.75) is 51.6 Å². The van der Waals surface area contributed by atoms with E-state index in [0.29, 0.717) is 50.8 Å². The highest BCUT2D eigenvalue weighted by Crippen LogP contribution is 2.41. The Hall–Kier alpha value is -2.75. The molecule has 10 heteroatoms. The largest absolute Gasteiger partial charge is 0.573 e. The van der Waals surface area contributed by atoms with Gasteiger partial charge in [-0.05, 0) is 30.9 Å². The van der Waals surface area contributed by atoms with E-state index in [-0.39, 0.29) is 17.7 Å². The normalized spacial score (nSPS) is 20.8. The summed E-state index contributed by atoms with van der Waals surface area (Å²) in [4.78, 5) is 15.8. The molecule has 0 radical (unpaired) electrons. The highest BCUT2D eigenvalue weighted by Gasteiger charge is 2.35. The maximum atomic E-state index is 12.8. The number of anilines is 2. The lowest BCUT2D eigenvalue weighted by Crippen LogP contribution is -2.35. The smallest absolute Gasteiger partial charge is 0.406 e. The summed E-state index contributed by atoms with van der Waals surface area (Å²) >= 11 is 0. The van der Waals surface area contributed by atoms with E-state index in [1.165, 1.54) is 12.1 Å². The number of aryl methyl sites for hydroxylation is 1. The minimum absolute atomic E-state index is 0.00143. The highest BCUT2D eigenvalue weighted by molar-refractivity contribution is 5.75. The van der Waals surface area contributed by atoms with Gasteiger partial charge in [-0.2, -0.15) is 5.10 Å². The van der Waals surface area contributed by atoms with Gasteiger partial charge in [-0.15, -0.1) is 13.2 Å². The molecular weight excluding hydrogens is 425 g/mol. The maximum absolute atomic E-state index is 12.8. The van der Waals surface area contributed by atoms with E-state index in [0.717, 1.165) is 36.1 Å². The molecule has 1 atom stereocenters. The molecule has 1 saturated heterocycles. The summed E-state index contributed by atoms with van der Waals surface area (Å²) in [7, 11) is 0. The van der Waals surface area contributed by atoms with Crippen LogP contribution in [0, 0.1) is 0 Å². The predicted octanol–water partition coefficient (Wildman–Crippen LogP) is 3.73. The van der Waals surface area contributed by atoms with Crippen LogP contribution in [0.3, 0.4) is 0 Å². The number of rotatable bonds is 3. The van der Waals surface area contributed by atoms with Crippen molar-refractivity contribution in [1.82, 2.24) is 14.7 Å². The van der Waals surface area contributed by atoms with Gasteiger partial charge < -0.3 is 19.3 Å². The van der Waals surface area contributed by atoms with Crippen LogP contribution in [0.15, 0.2) is 18.2 Å². The summed E-state index contributed by atoms with van der Waals surface area (Å²) in [6, 6.07) is 4.62. The fourth-order valence-corrected chi connectivity index (χ4v) is 4.90. The first-order valence-electron chi connectivity index (χ1n) is 10.9. The van der Waals surface area contributed by atoms with Crippen LogP contribution in [-0.4, -0.2) is 53.3 Å². The Bertz CT molecular complexity index is 1030. The predicted molar refractivity (Wildman–Crippen MR) is 110 cm³/mol. The van der Waals surface area contributed by atoms with Crippen molar-refractivity contribution in [2.75, 3.05) is 31.2 Å². The zero-order valence-electron chi connectivity index (χ0n) is 17.8. The maximum Gasteiger partial charge on any atom is 0.573 e. The number of amides is 1. The van der Waals surface area contributed by atoms with Crippen LogP contribution >= 0.6 is 0 Å². The first kappa shape index (κ1) is 21.1. The van der Waals surface area contributed by atoms with E-state index in [1.807, 2.05) is 9.58 Å². The van der Waals surface area contributed by atoms with Crippen LogP contribution < -0.4 is 9.64 Å². The monoisotopic (exact) mass is 450 g/mol. The molecule has 172 valence electrons. The average Bonchev–Trinajstić information content (AvgIpc) is 3.39. The Morgan fingerprint density at radius 2 is 2.09 bits per heavy atom. The molecule has 7 nitrogen and oxygen atoms in total.